The molecule has 2 saturated heterocycles. The lowest BCUT2D eigenvalue weighted by atomic mass is 9.95. The van der Waals surface area contributed by atoms with Crippen LogP contribution >= 0.6 is 12.0 Å². The van der Waals surface area contributed by atoms with Crippen molar-refractivity contribution in [2.75, 3.05) is 38.2 Å². The van der Waals surface area contributed by atoms with Crippen molar-refractivity contribution in [3.63, 3.8) is 0 Å². The van der Waals surface area contributed by atoms with Crippen LogP contribution in [0, 0.1) is 24.2 Å². The summed E-state index contributed by atoms with van der Waals surface area (Å²) in [6, 6.07) is 19.3. The Morgan fingerprint density at radius 3 is 2.35 bits per heavy atom. The topological polar surface area (TPSA) is 39.5 Å². The molecule has 1 unspecified atom stereocenters. The number of rotatable bonds is 4. The van der Waals surface area contributed by atoms with Crippen molar-refractivity contribution in [2.45, 2.75) is 50.5 Å². The number of nitrogens with zero attached hydrogens (tertiary/aromatic N) is 3. The fraction of sp³-hybridized carbons (Fsp3) is 0.500. The van der Waals surface area contributed by atoms with Crippen molar-refractivity contribution in [1.29, 1.82) is 5.26 Å². The number of para-hydroxylation sites is 1. The Balaban J connectivity index is 0.000000229. The normalized spacial score (nSPS) is 19.9. The van der Waals surface area contributed by atoms with Crippen LogP contribution in [-0.4, -0.2) is 44.2 Å². The highest BCUT2D eigenvalue weighted by Crippen LogP contribution is 2.27. The van der Waals surface area contributed by atoms with Crippen LogP contribution in [0.25, 0.3) is 0 Å². The minimum atomic E-state index is 0.748. The highest BCUT2D eigenvalue weighted by molar-refractivity contribution is 7.94. The fourth-order valence-electron chi connectivity index (χ4n) is 4.56. The van der Waals surface area contributed by atoms with Gasteiger partial charge in [0.25, 0.3) is 0 Å². The second kappa shape index (κ2) is 12.1. The van der Waals surface area contributed by atoms with Crippen LogP contribution in [0.3, 0.4) is 0 Å². The molecule has 0 spiro atoms. The summed E-state index contributed by atoms with van der Waals surface area (Å²) in [7, 11) is 1.67. The summed E-state index contributed by atoms with van der Waals surface area (Å²) in [5.41, 5.74) is 3.20. The predicted octanol–water partition coefficient (Wildman–Crippen LogP) is 5.91. The minimum absolute atomic E-state index is 0.748. The molecule has 5 heteroatoms. The molecule has 2 aliphatic rings. The van der Waals surface area contributed by atoms with Gasteiger partial charge in [0.15, 0.2) is 0 Å². The Morgan fingerprint density at radius 1 is 1.00 bits per heavy atom. The third-order valence-corrected chi connectivity index (χ3v) is 6.87. The van der Waals surface area contributed by atoms with Gasteiger partial charge in [0.2, 0.25) is 0 Å². The van der Waals surface area contributed by atoms with E-state index in [1.807, 2.05) is 30.3 Å². The summed E-state index contributed by atoms with van der Waals surface area (Å²) in [5, 5.41) is 9.25. The van der Waals surface area contributed by atoms with Crippen molar-refractivity contribution >= 4 is 17.7 Å². The zero-order valence-corrected chi connectivity index (χ0v) is 19.9. The Kier molecular flexibility index (Phi) is 9.27. The molecule has 0 amide bonds. The first-order chi connectivity index (χ1) is 15.1. The van der Waals surface area contributed by atoms with Gasteiger partial charge >= 0.3 is 0 Å². The lowest BCUT2D eigenvalue weighted by molar-refractivity contribution is 0.112. The van der Waals surface area contributed by atoms with Gasteiger partial charge in [-0.05, 0) is 69.3 Å². The summed E-state index contributed by atoms with van der Waals surface area (Å²) in [4.78, 5) is 6.25. The molecule has 2 aromatic rings. The predicted molar refractivity (Wildman–Crippen MR) is 130 cm³/mol. The molecule has 2 heterocycles. The Bertz CT molecular complexity index is 840. The molecule has 4 rings (SSSR count). The molecule has 0 saturated carbocycles. The van der Waals surface area contributed by atoms with Crippen LogP contribution in [0.4, 0.5) is 5.69 Å². The van der Waals surface area contributed by atoms with Crippen LogP contribution in [0.2, 0.25) is 0 Å². The van der Waals surface area contributed by atoms with Crippen LogP contribution in [0.1, 0.15) is 43.7 Å². The van der Waals surface area contributed by atoms with Gasteiger partial charge in [0.05, 0.1) is 18.4 Å². The molecular formula is C26H35N3OS. The Hall–Kier alpha value is -2.00. The first-order valence-corrected chi connectivity index (χ1v) is 12.1. The standard InChI is InChI=1S/C18H25N3.C8H10OS/c1-15-5-4-10-21(14-15)17-8-11-20(12-9-17)18-7-3-2-6-16(18)13-19;1-7-3-5-8(6-4-7)10-9-2/h2-3,6-7,15,17H,4-5,8-12,14H2,1H3;3-6H,1-2H3. The largest absolute Gasteiger partial charge is 0.370 e. The minimum Gasteiger partial charge on any atom is -0.370 e. The number of likely N-dealkylation sites (tertiary alicyclic amines) is 1. The molecule has 4 nitrogen and oxygen atoms in total. The van der Waals surface area contributed by atoms with Crippen molar-refractivity contribution in [1.82, 2.24) is 4.90 Å². The van der Waals surface area contributed by atoms with Crippen LogP contribution in [-0.2, 0) is 4.18 Å². The highest BCUT2D eigenvalue weighted by atomic mass is 32.2. The highest BCUT2D eigenvalue weighted by Gasteiger charge is 2.28. The van der Waals surface area contributed by atoms with Gasteiger partial charge in [-0.1, -0.05) is 36.8 Å². The molecule has 2 aromatic carbocycles. The summed E-state index contributed by atoms with van der Waals surface area (Å²) in [6.07, 6.45) is 5.21. The maximum absolute atomic E-state index is 9.25. The first-order valence-electron chi connectivity index (χ1n) is 11.4. The van der Waals surface area contributed by atoms with Gasteiger partial charge in [-0.3, -0.25) is 4.90 Å². The summed E-state index contributed by atoms with van der Waals surface area (Å²) >= 11 is 1.38. The molecule has 31 heavy (non-hydrogen) atoms. The van der Waals surface area contributed by atoms with E-state index in [1.54, 1.807) is 7.11 Å². The zero-order valence-electron chi connectivity index (χ0n) is 19.1. The van der Waals surface area contributed by atoms with Crippen molar-refractivity contribution in [2.24, 2.45) is 5.92 Å². The van der Waals surface area contributed by atoms with Crippen LogP contribution < -0.4 is 4.90 Å². The Morgan fingerprint density at radius 2 is 1.71 bits per heavy atom. The molecule has 2 fully saturated rings. The Labute approximate surface area is 192 Å². The first kappa shape index (κ1) is 23.7. The number of piperidine rings is 2. The van der Waals surface area contributed by atoms with Crippen LogP contribution in [0.15, 0.2) is 53.4 Å². The average Bonchev–Trinajstić information content (AvgIpc) is 2.81. The van der Waals surface area contributed by atoms with Gasteiger partial charge in [-0.15, -0.1) is 0 Å². The fourth-order valence-corrected chi connectivity index (χ4v) is 5.00. The third kappa shape index (κ3) is 7.00. The average molecular weight is 438 g/mol. The molecule has 0 N–H and O–H groups in total. The number of nitriles is 1. The second-order valence-electron chi connectivity index (χ2n) is 8.65. The zero-order chi connectivity index (χ0) is 22.1. The van der Waals surface area contributed by atoms with Gasteiger partial charge < -0.3 is 9.08 Å². The van der Waals surface area contributed by atoms with Gasteiger partial charge in [-0.2, -0.15) is 5.26 Å². The third-order valence-electron chi connectivity index (χ3n) is 6.24. The SMILES string of the molecule is CC1CCCN(C2CCN(c3ccccc3C#N)CC2)C1.COSc1ccc(C)cc1. The molecule has 0 bridgehead atoms. The number of benzene rings is 2. The van der Waals surface area contributed by atoms with E-state index < -0.39 is 0 Å². The maximum atomic E-state index is 9.25. The van der Waals surface area contributed by atoms with Gasteiger partial charge in [-0.25, -0.2) is 0 Å². The van der Waals surface area contributed by atoms with E-state index in [-0.39, 0.29) is 0 Å². The van der Waals surface area contributed by atoms with E-state index in [9.17, 15) is 5.26 Å². The maximum Gasteiger partial charge on any atom is 0.101 e. The number of hydrogen-bond donors (Lipinski definition) is 0. The molecule has 0 aliphatic carbocycles. The van der Waals surface area contributed by atoms with Crippen molar-refractivity contribution < 1.29 is 4.18 Å². The number of anilines is 1. The quantitative estimate of drug-likeness (QED) is 0.556. The lowest BCUT2D eigenvalue weighted by Crippen LogP contribution is -2.48. The van der Waals surface area contributed by atoms with E-state index in [0.29, 0.717) is 0 Å². The lowest BCUT2D eigenvalue weighted by Gasteiger charge is -2.42. The van der Waals surface area contributed by atoms with E-state index in [4.69, 9.17) is 4.18 Å². The molecule has 0 radical (unpaired) electrons. The second-order valence-corrected chi connectivity index (χ2v) is 9.62. The molecule has 0 aromatic heterocycles. The summed E-state index contributed by atoms with van der Waals surface area (Å²) in [6.45, 7) is 9.16. The van der Waals surface area contributed by atoms with E-state index in [2.05, 4.69) is 47.9 Å². The van der Waals surface area contributed by atoms with Crippen LogP contribution in [0.5, 0.6) is 0 Å². The smallest absolute Gasteiger partial charge is 0.101 e. The summed E-state index contributed by atoms with van der Waals surface area (Å²) in [5.74, 6) is 0.857. The molecule has 2 aliphatic heterocycles. The van der Waals surface area contributed by atoms with Gasteiger partial charge in [0.1, 0.15) is 6.07 Å². The number of aryl methyl sites for hydroxylation is 1. The van der Waals surface area contributed by atoms with E-state index in [1.165, 1.54) is 56.4 Å². The number of hydrogen-bond acceptors (Lipinski definition) is 5. The molecular weight excluding hydrogens is 402 g/mol. The van der Waals surface area contributed by atoms with E-state index >= 15 is 0 Å². The van der Waals surface area contributed by atoms with Crippen molar-refractivity contribution in [3.05, 3.63) is 59.7 Å². The monoisotopic (exact) mass is 437 g/mol. The molecule has 1 atom stereocenters. The van der Waals surface area contributed by atoms with Crippen molar-refractivity contribution in [3.8, 4) is 6.07 Å². The van der Waals surface area contributed by atoms with E-state index in [0.717, 1.165) is 41.2 Å². The summed E-state index contributed by atoms with van der Waals surface area (Å²) < 4.78 is 4.88. The van der Waals surface area contributed by atoms with Gasteiger partial charge in [0, 0.05) is 42.6 Å². The molecule has 166 valence electrons.